The van der Waals surface area contributed by atoms with E-state index >= 15 is 0 Å². The van der Waals surface area contributed by atoms with Gasteiger partial charge in [-0.25, -0.2) is 4.68 Å². The molecule has 0 aliphatic carbocycles. The number of imide groups is 1. The Morgan fingerprint density at radius 2 is 1.97 bits per heavy atom. The van der Waals surface area contributed by atoms with Crippen LogP contribution in [0.3, 0.4) is 0 Å². The van der Waals surface area contributed by atoms with Crippen molar-refractivity contribution in [2.75, 3.05) is 27.0 Å². The van der Waals surface area contributed by atoms with E-state index in [2.05, 4.69) is 10.4 Å². The van der Waals surface area contributed by atoms with E-state index in [1.54, 1.807) is 35.2 Å². The Morgan fingerprint density at radius 1 is 1.17 bits per heavy atom. The molecule has 2 aliphatic heterocycles. The van der Waals surface area contributed by atoms with Crippen LogP contribution in [0.5, 0.6) is 17.2 Å². The highest BCUT2D eigenvalue weighted by atomic mass is 32.2. The van der Waals surface area contributed by atoms with E-state index in [0.29, 0.717) is 27.7 Å². The fraction of sp³-hybridized carbons (Fsp3) is 0.167. The number of hydrogen-bond donors (Lipinski definition) is 1. The lowest BCUT2D eigenvalue weighted by Gasteiger charge is -2.12. The average molecular weight is 493 g/mol. The Hall–Kier alpha value is -4.25. The maximum absolute atomic E-state index is 12.8. The van der Waals surface area contributed by atoms with Crippen molar-refractivity contribution in [2.45, 2.75) is 0 Å². The van der Waals surface area contributed by atoms with Crippen LogP contribution in [-0.2, 0) is 4.79 Å². The highest BCUT2D eigenvalue weighted by molar-refractivity contribution is 8.18. The second kappa shape index (κ2) is 9.55. The van der Waals surface area contributed by atoms with Crippen LogP contribution in [0.2, 0.25) is 0 Å². The predicted octanol–water partition coefficient (Wildman–Crippen LogP) is 3.08. The first-order valence-electron chi connectivity index (χ1n) is 10.7. The zero-order valence-electron chi connectivity index (χ0n) is 18.6. The van der Waals surface area contributed by atoms with Gasteiger partial charge >= 0.3 is 0 Å². The molecule has 1 aromatic heterocycles. The molecule has 0 saturated carbocycles. The van der Waals surface area contributed by atoms with Crippen LogP contribution in [0.15, 0.2) is 59.6 Å². The first-order valence-corrected chi connectivity index (χ1v) is 11.5. The lowest BCUT2D eigenvalue weighted by molar-refractivity contribution is -0.122. The molecule has 10 nitrogen and oxygen atoms in total. The molecule has 0 bridgehead atoms. The highest BCUT2D eigenvalue weighted by Gasteiger charge is 2.35. The van der Waals surface area contributed by atoms with Gasteiger partial charge in [-0.1, -0.05) is 24.3 Å². The number of para-hydroxylation sites is 1. The van der Waals surface area contributed by atoms with Gasteiger partial charge in [0.15, 0.2) is 22.9 Å². The van der Waals surface area contributed by atoms with Gasteiger partial charge in [0.25, 0.3) is 17.1 Å². The molecule has 0 atom stereocenters. The topological polar surface area (TPSA) is 112 Å². The van der Waals surface area contributed by atoms with Crippen molar-refractivity contribution in [3.05, 3.63) is 70.9 Å². The summed E-state index contributed by atoms with van der Waals surface area (Å²) in [6.45, 7) is 0.242. The number of aromatic nitrogens is 2. The molecule has 1 N–H and O–H groups in total. The number of rotatable bonds is 7. The van der Waals surface area contributed by atoms with E-state index in [1.807, 2.05) is 30.3 Å². The number of thioether (sulfide) groups is 1. The molecule has 0 spiro atoms. The van der Waals surface area contributed by atoms with Crippen molar-refractivity contribution in [3.63, 3.8) is 0 Å². The van der Waals surface area contributed by atoms with E-state index < -0.39 is 17.1 Å². The molecule has 35 heavy (non-hydrogen) atoms. The number of methoxy groups -OCH3 is 1. The van der Waals surface area contributed by atoms with Crippen LogP contribution in [0.25, 0.3) is 11.8 Å². The summed E-state index contributed by atoms with van der Waals surface area (Å²) in [5.41, 5.74) is 1.60. The SMILES string of the molecule is COc1cn(-c2ccccc2)nc1C(=O)NCCN1C(=O)S/C(=C\c2ccc3c(c2)OCO3)C1=O. The van der Waals surface area contributed by atoms with Gasteiger partial charge in [0.2, 0.25) is 6.79 Å². The van der Waals surface area contributed by atoms with Crippen LogP contribution in [0.1, 0.15) is 16.1 Å². The summed E-state index contributed by atoms with van der Waals surface area (Å²) >= 11 is 0.850. The molecule has 3 amide bonds. The number of hydrogen-bond acceptors (Lipinski definition) is 8. The quantitative estimate of drug-likeness (QED) is 0.501. The summed E-state index contributed by atoms with van der Waals surface area (Å²) in [4.78, 5) is 39.3. The largest absolute Gasteiger partial charge is 0.493 e. The van der Waals surface area contributed by atoms with Gasteiger partial charge in [-0.15, -0.1) is 0 Å². The summed E-state index contributed by atoms with van der Waals surface area (Å²) in [6.07, 6.45) is 3.24. The molecule has 2 aromatic carbocycles. The number of ether oxygens (including phenoxy) is 3. The van der Waals surface area contributed by atoms with Crippen molar-refractivity contribution in [1.82, 2.24) is 20.0 Å². The van der Waals surface area contributed by atoms with Crippen LogP contribution >= 0.6 is 11.8 Å². The van der Waals surface area contributed by atoms with Crippen molar-refractivity contribution < 1.29 is 28.6 Å². The Labute approximate surface area is 204 Å². The third kappa shape index (κ3) is 4.58. The van der Waals surface area contributed by atoms with Gasteiger partial charge in [0.1, 0.15) is 0 Å². The predicted molar refractivity (Wildman–Crippen MR) is 128 cm³/mol. The van der Waals surface area contributed by atoms with Crippen molar-refractivity contribution >= 4 is 34.9 Å². The summed E-state index contributed by atoms with van der Waals surface area (Å²) < 4.78 is 17.5. The van der Waals surface area contributed by atoms with Gasteiger partial charge in [-0.2, -0.15) is 5.10 Å². The third-order valence-corrected chi connectivity index (χ3v) is 6.23. The van der Waals surface area contributed by atoms with Crippen LogP contribution < -0.4 is 19.5 Å². The maximum atomic E-state index is 12.8. The second-order valence-corrected chi connectivity index (χ2v) is 8.52. The Kier molecular flexibility index (Phi) is 6.15. The van der Waals surface area contributed by atoms with Crippen molar-refractivity contribution in [2.24, 2.45) is 0 Å². The molecule has 2 aliphatic rings. The maximum Gasteiger partial charge on any atom is 0.293 e. The van der Waals surface area contributed by atoms with Crippen molar-refractivity contribution in [1.29, 1.82) is 0 Å². The monoisotopic (exact) mass is 492 g/mol. The molecule has 11 heteroatoms. The molecule has 1 saturated heterocycles. The van der Waals surface area contributed by atoms with Crippen LogP contribution in [-0.4, -0.2) is 58.7 Å². The Morgan fingerprint density at radius 3 is 2.77 bits per heavy atom. The zero-order chi connectivity index (χ0) is 24.4. The first-order chi connectivity index (χ1) is 17.0. The number of fused-ring (bicyclic) bond motifs is 1. The Balaban J connectivity index is 1.22. The van der Waals surface area contributed by atoms with E-state index in [0.717, 1.165) is 22.3 Å². The standard InChI is InChI=1S/C24H20N4O6S/c1-32-19-13-28(16-5-3-2-4-6-16)26-21(19)22(29)25-9-10-27-23(30)20(35-24(27)31)12-15-7-8-17-18(11-15)34-14-33-17/h2-8,11-13H,9-10,14H2,1H3,(H,25,29)/b20-12-. The molecular formula is C24H20N4O6S. The fourth-order valence-corrected chi connectivity index (χ4v) is 4.45. The summed E-state index contributed by atoms with van der Waals surface area (Å²) in [5.74, 6) is 0.642. The second-order valence-electron chi connectivity index (χ2n) is 7.53. The number of nitrogens with one attached hydrogen (secondary N) is 1. The molecule has 3 heterocycles. The van der Waals surface area contributed by atoms with E-state index in [1.165, 1.54) is 7.11 Å². The van der Waals surface area contributed by atoms with E-state index in [-0.39, 0.29) is 25.6 Å². The molecule has 3 aromatic rings. The fourth-order valence-electron chi connectivity index (χ4n) is 3.59. The molecule has 5 rings (SSSR count). The van der Waals surface area contributed by atoms with Crippen molar-refractivity contribution in [3.8, 4) is 22.9 Å². The summed E-state index contributed by atoms with van der Waals surface area (Å²) in [7, 11) is 1.45. The van der Waals surface area contributed by atoms with Gasteiger partial charge < -0.3 is 19.5 Å². The molecular weight excluding hydrogens is 472 g/mol. The molecule has 178 valence electrons. The first kappa shape index (κ1) is 22.5. The smallest absolute Gasteiger partial charge is 0.293 e. The van der Waals surface area contributed by atoms with E-state index in [9.17, 15) is 14.4 Å². The van der Waals surface area contributed by atoms with Gasteiger partial charge in [-0.05, 0) is 47.7 Å². The summed E-state index contributed by atoms with van der Waals surface area (Å²) in [6, 6.07) is 14.6. The lowest BCUT2D eigenvalue weighted by atomic mass is 10.2. The minimum atomic E-state index is -0.473. The minimum Gasteiger partial charge on any atom is -0.493 e. The minimum absolute atomic E-state index is 0.0244. The summed E-state index contributed by atoms with van der Waals surface area (Å²) in [5, 5.41) is 6.61. The molecule has 1 fully saturated rings. The highest BCUT2D eigenvalue weighted by Crippen LogP contribution is 2.36. The normalized spacial score (nSPS) is 15.7. The number of amides is 3. The van der Waals surface area contributed by atoms with Gasteiger partial charge in [0.05, 0.1) is 23.9 Å². The average Bonchev–Trinajstić information content (AvgIpc) is 3.58. The number of nitrogens with zero attached hydrogens (tertiary/aromatic N) is 3. The third-order valence-electron chi connectivity index (χ3n) is 5.33. The molecule has 0 radical (unpaired) electrons. The van der Waals surface area contributed by atoms with Gasteiger partial charge in [0, 0.05) is 13.1 Å². The molecule has 0 unspecified atom stereocenters. The number of benzene rings is 2. The van der Waals surface area contributed by atoms with Crippen LogP contribution in [0, 0.1) is 0 Å². The number of carbonyl (C=O) groups is 3. The van der Waals surface area contributed by atoms with Gasteiger partial charge in [-0.3, -0.25) is 19.3 Å². The zero-order valence-corrected chi connectivity index (χ0v) is 19.4. The Bertz CT molecular complexity index is 1340. The van der Waals surface area contributed by atoms with Crippen LogP contribution in [0.4, 0.5) is 4.79 Å². The van der Waals surface area contributed by atoms with E-state index in [4.69, 9.17) is 14.2 Å². The number of carbonyl (C=O) groups excluding carboxylic acids is 3. The lowest BCUT2D eigenvalue weighted by Crippen LogP contribution is -2.37.